The predicted molar refractivity (Wildman–Crippen MR) is 55.0 cm³/mol. The maximum Gasteiger partial charge on any atom is 0.188 e. The summed E-state index contributed by atoms with van der Waals surface area (Å²) in [6.45, 7) is -0.123. The molecule has 1 saturated carbocycles. The van der Waals surface area contributed by atoms with E-state index >= 15 is 0 Å². The lowest BCUT2D eigenvalue weighted by molar-refractivity contribution is 0.102. The van der Waals surface area contributed by atoms with E-state index in [0.717, 1.165) is 12.8 Å². The van der Waals surface area contributed by atoms with Gasteiger partial charge in [-0.05, 0) is 12.8 Å². The van der Waals surface area contributed by atoms with Crippen molar-refractivity contribution >= 4 is 5.96 Å². The molecule has 82 valence electrons. The first-order valence-electron chi connectivity index (χ1n) is 5.07. The number of aliphatic hydroxyl groups excluding tert-OH is 2. The van der Waals surface area contributed by atoms with Gasteiger partial charge in [-0.3, -0.25) is 4.99 Å². The number of hydrogen-bond donors (Lipinski definition) is 4. The number of hydrogen-bond acceptors (Lipinski definition) is 3. The van der Waals surface area contributed by atoms with Gasteiger partial charge in [-0.15, -0.1) is 0 Å². The summed E-state index contributed by atoms with van der Waals surface area (Å²) in [4.78, 5) is 3.93. The van der Waals surface area contributed by atoms with Crippen LogP contribution in [0.15, 0.2) is 4.99 Å². The lowest BCUT2D eigenvalue weighted by Gasteiger charge is -2.12. The Morgan fingerprint density at radius 3 is 2.71 bits per heavy atom. The van der Waals surface area contributed by atoms with Crippen molar-refractivity contribution in [2.45, 2.75) is 37.8 Å². The van der Waals surface area contributed by atoms with Crippen LogP contribution in [0.5, 0.6) is 0 Å². The average Bonchev–Trinajstić information content (AvgIpc) is 2.66. The van der Waals surface area contributed by atoms with Gasteiger partial charge in [0, 0.05) is 6.04 Å². The fourth-order valence-corrected chi connectivity index (χ4v) is 1.59. The topological polar surface area (TPSA) is 90.9 Å². The molecule has 0 saturated heterocycles. The Morgan fingerprint density at radius 2 is 2.14 bits per heavy atom. The smallest absolute Gasteiger partial charge is 0.188 e. The van der Waals surface area contributed by atoms with E-state index in [2.05, 4.69) is 10.3 Å². The summed E-state index contributed by atoms with van der Waals surface area (Å²) < 4.78 is 0. The van der Waals surface area contributed by atoms with Crippen molar-refractivity contribution in [3.05, 3.63) is 0 Å². The minimum Gasteiger partial charge on any atom is -0.394 e. The Labute approximate surface area is 84.0 Å². The number of nitrogens with two attached hydrogens (primary N) is 1. The molecule has 0 aromatic rings. The van der Waals surface area contributed by atoms with Crippen molar-refractivity contribution in [3.8, 4) is 0 Å². The second kappa shape index (κ2) is 5.82. The molecule has 0 aromatic heterocycles. The van der Waals surface area contributed by atoms with Gasteiger partial charge in [-0.2, -0.15) is 0 Å². The molecule has 5 N–H and O–H groups in total. The highest BCUT2D eigenvalue weighted by molar-refractivity contribution is 5.78. The minimum absolute atomic E-state index is 0.155. The van der Waals surface area contributed by atoms with E-state index in [1.807, 2.05) is 0 Å². The molecular weight excluding hydrogens is 182 g/mol. The number of nitrogens with zero attached hydrogens (tertiary/aromatic N) is 1. The standard InChI is InChI=1S/C9H19N3O2/c10-9(11-5-8(14)6-13)12-7-3-1-2-4-7/h7-8,13-14H,1-6H2,(H3,10,11,12). The van der Waals surface area contributed by atoms with Gasteiger partial charge in [-0.25, -0.2) is 0 Å². The molecule has 0 bridgehead atoms. The lowest BCUT2D eigenvalue weighted by atomic mass is 10.2. The van der Waals surface area contributed by atoms with Crippen LogP contribution in [0.25, 0.3) is 0 Å². The Hall–Kier alpha value is -0.810. The van der Waals surface area contributed by atoms with E-state index in [-0.39, 0.29) is 13.2 Å². The first-order chi connectivity index (χ1) is 6.72. The molecule has 5 heteroatoms. The third-order valence-electron chi connectivity index (χ3n) is 2.39. The van der Waals surface area contributed by atoms with Crippen LogP contribution in [0.3, 0.4) is 0 Å². The van der Waals surface area contributed by atoms with Gasteiger partial charge in [0.05, 0.1) is 19.3 Å². The summed E-state index contributed by atoms with van der Waals surface area (Å²) in [5.41, 5.74) is 5.60. The molecule has 1 aliphatic rings. The third kappa shape index (κ3) is 3.93. The second-order valence-electron chi connectivity index (χ2n) is 3.69. The van der Waals surface area contributed by atoms with E-state index in [1.54, 1.807) is 0 Å². The summed E-state index contributed by atoms with van der Waals surface area (Å²) in [5, 5.41) is 20.7. The first-order valence-corrected chi connectivity index (χ1v) is 5.07. The van der Waals surface area contributed by atoms with Gasteiger partial charge in [0.25, 0.3) is 0 Å². The van der Waals surface area contributed by atoms with Crippen LogP contribution in [0, 0.1) is 0 Å². The van der Waals surface area contributed by atoms with Crippen molar-refractivity contribution in [2.24, 2.45) is 10.7 Å². The number of nitrogens with one attached hydrogen (secondary N) is 1. The van der Waals surface area contributed by atoms with Crippen molar-refractivity contribution in [1.29, 1.82) is 0 Å². The highest BCUT2D eigenvalue weighted by Gasteiger charge is 2.14. The van der Waals surface area contributed by atoms with Crippen molar-refractivity contribution in [3.63, 3.8) is 0 Å². The van der Waals surface area contributed by atoms with Crippen LogP contribution in [-0.4, -0.2) is 41.5 Å². The first kappa shape index (κ1) is 11.3. The van der Waals surface area contributed by atoms with Crippen LogP contribution in [0.2, 0.25) is 0 Å². The van der Waals surface area contributed by atoms with Crippen LogP contribution in [0.1, 0.15) is 25.7 Å². The maximum atomic E-state index is 9.03. The van der Waals surface area contributed by atoms with E-state index in [4.69, 9.17) is 15.9 Å². The van der Waals surface area contributed by atoms with Crippen molar-refractivity contribution in [2.75, 3.05) is 13.2 Å². The summed E-state index contributed by atoms with van der Waals surface area (Å²) in [5.74, 6) is 0.365. The molecule has 5 nitrogen and oxygen atoms in total. The molecule has 0 heterocycles. The molecule has 0 radical (unpaired) electrons. The summed E-state index contributed by atoms with van der Waals surface area (Å²) >= 11 is 0. The van der Waals surface area contributed by atoms with Gasteiger partial charge in [0.15, 0.2) is 5.96 Å². The van der Waals surface area contributed by atoms with Gasteiger partial charge >= 0.3 is 0 Å². The molecule has 0 amide bonds. The number of guanidine groups is 1. The van der Waals surface area contributed by atoms with Crippen LogP contribution < -0.4 is 11.1 Å². The zero-order valence-electron chi connectivity index (χ0n) is 8.32. The molecule has 1 rings (SSSR count). The van der Waals surface area contributed by atoms with E-state index in [0.29, 0.717) is 12.0 Å². The fraction of sp³-hybridized carbons (Fsp3) is 0.889. The summed E-state index contributed by atoms with van der Waals surface area (Å²) in [7, 11) is 0. The van der Waals surface area contributed by atoms with Gasteiger partial charge in [-0.1, -0.05) is 12.8 Å². The van der Waals surface area contributed by atoms with Gasteiger partial charge < -0.3 is 21.3 Å². The highest BCUT2D eigenvalue weighted by atomic mass is 16.3. The fourth-order valence-electron chi connectivity index (χ4n) is 1.59. The lowest BCUT2D eigenvalue weighted by Crippen LogP contribution is -2.39. The molecule has 1 unspecified atom stereocenters. The molecule has 1 aliphatic carbocycles. The molecule has 0 spiro atoms. The predicted octanol–water partition coefficient (Wildman–Crippen LogP) is -0.814. The largest absolute Gasteiger partial charge is 0.394 e. The molecule has 14 heavy (non-hydrogen) atoms. The zero-order valence-corrected chi connectivity index (χ0v) is 8.32. The summed E-state index contributed by atoms with van der Waals surface area (Å²) in [6.07, 6.45) is 3.95. The zero-order chi connectivity index (χ0) is 10.4. The van der Waals surface area contributed by atoms with Crippen LogP contribution in [-0.2, 0) is 0 Å². The molecular formula is C9H19N3O2. The maximum absolute atomic E-state index is 9.03. The van der Waals surface area contributed by atoms with Crippen molar-refractivity contribution < 1.29 is 10.2 Å². The van der Waals surface area contributed by atoms with Crippen molar-refractivity contribution in [1.82, 2.24) is 5.32 Å². The summed E-state index contributed by atoms with van der Waals surface area (Å²) in [6, 6.07) is 0.435. The van der Waals surface area contributed by atoms with Crippen LogP contribution >= 0.6 is 0 Å². The average molecular weight is 201 g/mol. The Kier molecular flexibility index (Phi) is 4.69. The van der Waals surface area contributed by atoms with Crippen LogP contribution in [0.4, 0.5) is 0 Å². The normalized spacial score (nSPS) is 21.1. The minimum atomic E-state index is -0.807. The van der Waals surface area contributed by atoms with Gasteiger partial charge in [0.1, 0.15) is 0 Å². The van der Waals surface area contributed by atoms with Gasteiger partial charge in [0.2, 0.25) is 0 Å². The molecule has 1 fully saturated rings. The van der Waals surface area contributed by atoms with E-state index in [9.17, 15) is 0 Å². The Balaban J connectivity index is 2.21. The highest BCUT2D eigenvalue weighted by Crippen LogP contribution is 2.17. The second-order valence-corrected chi connectivity index (χ2v) is 3.69. The number of aliphatic hydroxyl groups is 2. The molecule has 0 aliphatic heterocycles. The van der Waals surface area contributed by atoms with E-state index < -0.39 is 6.10 Å². The SMILES string of the molecule is NC(=NCC(O)CO)NC1CCCC1. The quantitative estimate of drug-likeness (QED) is 0.353. The number of rotatable bonds is 4. The Morgan fingerprint density at radius 1 is 1.50 bits per heavy atom. The third-order valence-corrected chi connectivity index (χ3v) is 2.39. The number of aliphatic imine (C=N–C) groups is 1. The van der Waals surface area contributed by atoms with E-state index in [1.165, 1.54) is 12.8 Å². The molecule has 0 aromatic carbocycles. The molecule has 1 atom stereocenters. The Bertz CT molecular complexity index is 190. The monoisotopic (exact) mass is 201 g/mol.